The summed E-state index contributed by atoms with van der Waals surface area (Å²) in [7, 11) is 0. The zero-order valence-electron chi connectivity index (χ0n) is 3.60. The van der Waals surface area contributed by atoms with Crippen LogP contribution in [-0.2, 0) is 0 Å². The lowest BCUT2D eigenvalue weighted by Gasteiger charge is -1.43. The monoisotopic (exact) mass is 75.1 g/mol. The van der Waals surface area contributed by atoms with Gasteiger partial charge in [0.05, 0.1) is 0 Å². The van der Waals surface area contributed by atoms with E-state index in [9.17, 15) is 0 Å². The molecule has 0 heterocycles. The van der Waals surface area contributed by atoms with Crippen molar-refractivity contribution in [2.24, 2.45) is 5.16 Å². The van der Waals surface area contributed by atoms with Gasteiger partial charge in [0.25, 0.3) is 0 Å². The van der Waals surface area contributed by atoms with Gasteiger partial charge in [-0.3, -0.25) is 0 Å². The lowest BCUT2D eigenvalue weighted by atomic mass is 11.0. The number of hydrogen-bond donors (Lipinski definition) is 1. The predicted molar refractivity (Wildman–Crippen MR) is 22.7 cm³/mol. The van der Waals surface area contributed by atoms with E-state index in [2.05, 4.69) is 11.9 Å². The van der Waals surface area contributed by atoms with Gasteiger partial charge in [0.15, 0.2) is 0 Å². The van der Waals surface area contributed by atoms with Crippen molar-refractivity contribution < 1.29 is 5.21 Å². The maximum Gasteiger partial charge on any atom is 0.0298 e. The fraction of sp³-hybridized carbons (Fsp3) is 0.667. The summed E-state index contributed by atoms with van der Waals surface area (Å²) in [6, 6.07) is 0. The van der Waals surface area contributed by atoms with Gasteiger partial charge in [-0.25, -0.2) is 0 Å². The molecular formula is C3H9NO. The molecule has 0 bridgehead atoms. The van der Waals surface area contributed by atoms with Crippen molar-refractivity contribution in [2.45, 2.75) is 13.8 Å². The number of nitrogens with zero attached hydrogens (tertiary/aromatic N) is 1. The number of oxime groups is 1. The van der Waals surface area contributed by atoms with Crippen molar-refractivity contribution >= 4 is 6.72 Å². The minimum absolute atomic E-state index is 2.00. The third kappa shape index (κ3) is 26.7. The third-order valence-electron chi connectivity index (χ3n) is 0. The van der Waals surface area contributed by atoms with E-state index in [1.165, 1.54) is 0 Å². The molecule has 0 aromatic carbocycles. The molecule has 0 saturated carbocycles. The third-order valence-corrected chi connectivity index (χ3v) is 0. The van der Waals surface area contributed by atoms with E-state index in [0.29, 0.717) is 0 Å². The summed E-state index contributed by atoms with van der Waals surface area (Å²) in [4.78, 5) is 0. The molecule has 0 unspecified atom stereocenters. The normalized spacial score (nSPS) is 3.60. The van der Waals surface area contributed by atoms with Crippen molar-refractivity contribution in [1.82, 2.24) is 0 Å². The van der Waals surface area contributed by atoms with Gasteiger partial charge in [-0.05, 0) is 0 Å². The van der Waals surface area contributed by atoms with Crippen molar-refractivity contribution in [2.75, 3.05) is 0 Å². The molecule has 2 nitrogen and oxygen atoms in total. The standard InChI is InChI=1S/C2H6.CH3NO/c1-2;1-2-3/h1-2H3;3H,1H2. The van der Waals surface area contributed by atoms with Gasteiger partial charge in [-0.1, -0.05) is 13.8 Å². The average molecular weight is 75.1 g/mol. The second kappa shape index (κ2) is 95.8. The molecule has 0 rings (SSSR count). The van der Waals surface area contributed by atoms with Crippen LogP contribution in [0.1, 0.15) is 13.8 Å². The molecule has 0 amide bonds. The lowest BCUT2D eigenvalue weighted by molar-refractivity contribution is 0.323. The van der Waals surface area contributed by atoms with Gasteiger partial charge in [-0.15, -0.1) is 5.16 Å². The van der Waals surface area contributed by atoms with Gasteiger partial charge >= 0.3 is 0 Å². The lowest BCUT2D eigenvalue weighted by Crippen LogP contribution is -1.30. The Hall–Kier alpha value is -0.530. The van der Waals surface area contributed by atoms with Gasteiger partial charge in [0.2, 0.25) is 0 Å². The molecule has 2 heteroatoms. The Morgan fingerprint density at radius 3 is 1.60 bits per heavy atom. The fourth-order valence-corrected chi connectivity index (χ4v) is 0. The highest BCUT2D eigenvalue weighted by Crippen LogP contribution is 1.20. The van der Waals surface area contributed by atoms with Crippen molar-refractivity contribution in [3.8, 4) is 0 Å². The molecule has 5 heavy (non-hydrogen) atoms. The van der Waals surface area contributed by atoms with Crippen LogP contribution in [0.5, 0.6) is 0 Å². The maximum atomic E-state index is 7.08. The molecule has 0 aromatic heterocycles. The number of rotatable bonds is 0. The predicted octanol–water partition coefficient (Wildman–Crippen LogP) is 1.10. The summed E-state index contributed by atoms with van der Waals surface area (Å²) in [5, 5.41) is 9.33. The van der Waals surface area contributed by atoms with Crippen LogP contribution >= 0.6 is 0 Å². The molecule has 0 radical (unpaired) electrons. The molecular weight excluding hydrogens is 66.0 g/mol. The second-order valence-electron chi connectivity index (χ2n) is 0.141. The second-order valence-corrected chi connectivity index (χ2v) is 0.141. The van der Waals surface area contributed by atoms with E-state index in [1.54, 1.807) is 0 Å². The first-order valence-corrected chi connectivity index (χ1v) is 1.52. The highest BCUT2D eigenvalue weighted by atomic mass is 16.4. The summed E-state index contributed by atoms with van der Waals surface area (Å²) in [5.74, 6) is 0. The van der Waals surface area contributed by atoms with Gasteiger partial charge in [-0.2, -0.15) is 0 Å². The fourth-order valence-electron chi connectivity index (χ4n) is 0. The van der Waals surface area contributed by atoms with Gasteiger partial charge < -0.3 is 5.21 Å². The van der Waals surface area contributed by atoms with Gasteiger partial charge in [0.1, 0.15) is 0 Å². The molecule has 0 atom stereocenters. The highest BCUT2D eigenvalue weighted by molar-refractivity contribution is 5.20. The summed E-state index contributed by atoms with van der Waals surface area (Å²) in [6.45, 7) is 6.67. The van der Waals surface area contributed by atoms with Crippen LogP contribution in [-0.4, -0.2) is 11.9 Å². The van der Waals surface area contributed by atoms with Crippen LogP contribution in [0.3, 0.4) is 0 Å². The van der Waals surface area contributed by atoms with Crippen LogP contribution in [0.4, 0.5) is 0 Å². The van der Waals surface area contributed by atoms with Crippen molar-refractivity contribution in [3.63, 3.8) is 0 Å². The Labute approximate surface area is 32.1 Å². The minimum atomic E-state index is 2.00. The molecule has 32 valence electrons. The highest BCUT2D eigenvalue weighted by Gasteiger charge is 1.06. The first kappa shape index (κ1) is 8.82. The molecule has 0 aliphatic heterocycles. The SMILES string of the molecule is C=NO.CC. The molecule has 0 aliphatic carbocycles. The Kier molecular flexibility index (Phi) is 169. The van der Waals surface area contributed by atoms with E-state index < -0.39 is 0 Å². The number of hydrogen-bond acceptors (Lipinski definition) is 2. The molecule has 0 fully saturated rings. The average Bonchev–Trinajstić information content (AvgIpc) is 1.46. The van der Waals surface area contributed by atoms with E-state index in [-0.39, 0.29) is 0 Å². The first-order valence-electron chi connectivity index (χ1n) is 1.52. The Bertz CT molecular complexity index is 14.4. The van der Waals surface area contributed by atoms with E-state index in [0.717, 1.165) is 0 Å². The molecule has 1 N–H and O–H groups in total. The summed E-state index contributed by atoms with van der Waals surface area (Å²) in [6.07, 6.45) is 0. The van der Waals surface area contributed by atoms with Crippen LogP contribution in [0, 0.1) is 0 Å². The largest absolute Gasteiger partial charge is 0.411 e. The summed E-state index contributed by atoms with van der Waals surface area (Å²) >= 11 is 0. The van der Waals surface area contributed by atoms with Gasteiger partial charge in [0, 0.05) is 6.72 Å². The summed E-state index contributed by atoms with van der Waals surface area (Å²) in [5.41, 5.74) is 0. The minimum Gasteiger partial charge on any atom is -0.411 e. The van der Waals surface area contributed by atoms with Crippen LogP contribution in [0.2, 0.25) is 0 Å². The summed E-state index contributed by atoms with van der Waals surface area (Å²) < 4.78 is 0. The zero-order chi connectivity index (χ0) is 4.71. The van der Waals surface area contributed by atoms with E-state index in [1.807, 2.05) is 13.8 Å². The molecule has 0 saturated heterocycles. The molecule has 0 spiro atoms. The van der Waals surface area contributed by atoms with Crippen LogP contribution < -0.4 is 0 Å². The Morgan fingerprint density at radius 1 is 1.60 bits per heavy atom. The van der Waals surface area contributed by atoms with E-state index >= 15 is 0 Å². The zero-order valence-corrected chi connectivity index (χ0v) is 3.60. The van der Waals surface area contributed by atoms with Crippen molar-refractivity contribution in [3.05, 3.63) is 0 Å². The molecule has 0 aliphatic rings. The van der Waals surface area contributed by atoms with Crippen LogP contribution in [0.15, 0.2) is 5.16 Å². The smallest absolute Gasteiger partial charge is 0.0298 e. The Balaban J connectivity index is 0. The topological polar surface area (TPSA) is 32.6 Å². The van der Waals surface area contributed by atoms with Crippen molar-refractivity contribution in [1.29, 1.82) is 0 Å². The first-order chi connectivity index (χ1) is 2.41. The maximum absolute atomic E-state index is 7.08. The molecule has 0 aromatic rings. The van der Waals surface area contributed by atoms with E-state index in [4.69, 9.17) is 5.21 Å². The Morgan fingerprint density at radius 2 is 1.60 bits per heavy atom. The quantitative estimate of drug-likeness (QED) is 0.261. The van der Waals surface area contributed by atoms with Crippen LogP contribution in [0.25, 0.3) is 0 Å².